The maximum atomic E-state index is 11.9. The largest absolute Gasteiger partial charge is 0.393 e. The van der Waals surface area contributed by atoms with Gasteiger partial charge in [0.15, 0.2) is 5.78 Å². The smallest absolute Gasteiger partial charge is 0.155 e. The molecule has 1 N–H and O–H groups in total. The fraction of sp³-hybridized carbons (Fsp3) is 0.870. The Kier molecular flexibility index (Phi) is 3.31. The summed E-state index contributed by atoms with van der Waals surface area (Å²) in [7, 11) is 0. The lowest BCUT2D eigenvalue weighted by atomic mass is 9.45. The molecule has 5 aliphatic rings. The van der Waals surface area contributed by atoms with Gasteiger partial charge < -0.3 is 5.11 Å². The van der Waals surface area contributed by atoms with E-state index >= 15 is 0 Å². The van der Waals surface area contributed by atoms with Crippen molar-refractivity contribution in [3.05, 3.63) is 11.6 Å². The molecule has 25 heavy (non-hydrogen) atoms. The van der Waals surface area contributed by atoms with Crippen LogP contribution in [-0.2, 0) is 4.79 Å². The molecule has 0 aromatic carbocycles. The zero-order chi connectivity index (χ0) is 17.6. The minimum absolute atomic E-state index is 0.105. The maximum absolute atomic E-state index is 11.9. The van der Waals surface area contributed by atoms with Crippen LogP contribution in [0.15, 0.2) is 11.6 Å². The summed E-state index contributed by atoms with van der Waals surface area (Å²) in [6.07, 6.45) is 12.4. The molecule has 5 rings (SSSR count). The number of allylic oxidation sites excluding steroid dienone is 1. The Morgan fingerprint density at radius 3 is 2.76 bits per heavy atom. The van der Waals surface area contributed by atoms with Gasteiger partial charge in [-0.05, 0) is 97.4 Å². The summed E-state index contributed by atoms with van der Waals surface area (Å²) >= 11 is 0. The van der Waals surface area contributed by atoms with Gasteiger partial charge in [0.2, 0.25) is 0 Å². The summed E-state index contributed by atoms with van der Waals surface area (Å²) < 4.78 is 0. The van der Waals surface area contributed by atoms with Crippen LogP contribution in [0.3, 0.4) is 0 Å². The van der Waals surface area contributed by atoms with Gasteiger partial charge in [0.1, 0.15) is 0 Å². The van der Waals surface area contributed by atoms with Crippen LogP contribution in [0, 0.1) is 39.9 Å². The highest BCUT2D eigenvalue weighted by molar-refractivity contribution is 5.91. The quantitative estimate of drug-likeness (QED) is 0.774. The summed E-state index contributed by atoms with van der Waals surface area (Å²) in [5, 5.41) is 10.9. The number of hydrogen-bond acceptors (Lipinski definition) is 2. The number of aliphatic hydroxyl groups excluding tert-OH is 1. The maximum Gasteiger partial charge on any atom is 0.155 e. The van der Waals surface area contributed by atoms with Crippen LogP contribution in [0.4, 0.5) is 0 Å². The molecule has 1 spiro atoms. The topological polar surface area (TPSA) is 37.3 Å². The normalized spacial score (nSPS) is 54.7. The van der Waals surface area contributed by atoms with Crippen LogP contribution in [0.2, 0.25) is 0 Å². The van der Waals surface area contributed by atoms with Gasteiger partial charge in [0, 0.05) is 6.42 Å². The predicted molar refractivity (Wildman–Crippen MR) is 98.9 cm³/mol. The van der Waals surface area contributed by atoms with E-state index in [9.17, 15) is 9.90 Å². The van der Waals surface area contributed by atoms with E-state index in [0.29, 0.717) is 22.5 Å². The van der Waals surface area contributed by atoms with Crippen molar-refractivity contribution in [1.82, 2.24) is 0 Å². The number of carbonyl (C=O) groups excluding carboxylic acids is 1. The van der Waals surface area contributed by atoms with E-state index in [0.717, 1.165) is 43.4 Å². The molecule has 4 saturated carbocycles. The fourth-order valence-corrected chi connectivity index (χ4v) is 8.81. The van der Waals surface area contributed by atoms with Crippen molar-refractivity contribution in [2.75, 3.05) is 0 Å². The van der Waals surface area contributed by atoms with Crippen LogP contribution >= 0.6 is 0 Å². The van der Waals surface area contributed by atoms with Crippen LogP contribution in [0.25, 0.3) is 0 Å². The van der Waals surface area contributed by atoms with Gasteiger partial charge in [-0.2, -0.15) is 0 Å². The lowest BCUT2D eigenvalue weighted by Crippen LogP contribution is -2.55. The van der Waals surface area contributed by atoms with Crippen LogP contribution in [0.1, 0.15) is 78.6 Å². The fourth-order valence-electron chi connectivity index (χ4n) is 8.81. The minimum atomic E-state index is -0.148. The lowest BCUT2D eigenvalue weighted by Gasteiger charge is -2.60. The van der Waals surface area contributed by atoms with Gasteiger partial charge in [-0.3, -0.25) is 4.79 Å². The van der Waals surface area contributed by atoms with Crippen molar-refractivity contribution in [3.63, 3.8) is 0 Å². The number of carbonyl (C=O) groups is 1. The highest BCUT2D eigenvalue weighted by Crippen LogP contribution is 2.86. The second kappa shape index (κ2) is 5.00. The van der Waals surface area contributed by atoms with E-state index in [1.54, 1.807) is 0 Å². The van der Waals surface area contributed by atoms with Gasteiger partial charge in [-0.25, -0.2) is 0 Å². The van der Waals surface area contributed by atoms with E-state index in [1.165, 1.54) is 37.7 Å². The minimum Gasteiger partial charge on any atom is -0.393 e. The molecule has 5 aliphatic carbocycles. The predicted octanol–water partition coefficient (Wildman–Crippen LogP) is 4.91. The molecule has 2 nitrogen and oxygen atoms in total. The van der Waals surface area contributed by atoms with Crippen molar-refractivity contribution in [3.8, 4) is 0 Å². The SMILES string of the molecule is CCC(O)[C@@]1(C)C[C@@H]2C[C@]23[C@@H]2CCC4=CC(=O)CC[C@@H]4[C@H]2CC[C@@]31C. The number of fused-ring (bicyclic) bond motifs is 3. The average Bonchev–Trinajstić information content (AvgIpc) is 3.26. The molecule has 0 aromatic rings. The zero-order valence-electron chi connectivity index (χ0n) is 16.2. The molecule has 0 radical (unpaired) electrons. The van der Waals surface area contributed by atoms with Crippen molar-refractivity contribution >= 4 is 5.78 Å². The standard InChI is InChI=1S/C23H34O2/c1-4-20(25)21(2)12-15-13-23(15)19-8-5-14-11-16(24)6-7-17(14)18(19)9-10-22(21,23)3/h11,15,17-20,25H,4-10,12-13H2,1-3H3/t15-,17+,18-,19-,20?,21-,22-,23-/m1/s1. The molecule has 2 heteroatoms. The van der Waals surface area contributed by atoms with Gasteiger partial charge in [0.05, 0.1) is 6.10 Å². The lowest BCUT2D eigenvalue weighted by molar-refractivity contribution is -0.132. The number of ketones is 1. The first-order valence-electron chi connectivity index (χ1n) is 10.8. The van der Waals surface area contributed by atoms with Crippen LogP contribution < -0.4 is 0 Å². The molecule has 0 amide bonds. The van der Waals surface area contributed by atoms with E-state index in [4.69, 9.17) is 0 Å². The summed E-state index contributed by atoms with van der Waals surface area (Å²) in [5.41, 5.74) is 2.42. The van der Waals surface area contributed by atoms with Crippen LogP contribution in [-0.4, -0.2) is 17.0 Å². The molecule has 0 aliphatic heterocycles. The Morgan fingerprint density at radius 1 is 1.20 bits per heavy atom. The van der Waals surface area contributed by atoms with Gasteiger partial charge >= 0.3 is 0 Å². The second-order valence-corrected chi connectivity index (χ2v) is 10.5. The Balaban J connectivity index is 1.51. The van der Waals surface area contributed by atoms with E-state index in [-0.39, 0.29) is 11.5 Å². The summed E-state index contributed by atoms with van der Waals surface area (Å²) in [5.74, 6) is 3.57. The molecule has 1 unspecified atom stereocenters. The first-order valence-corrected chi connectivity index (χ1v) is 10.8. The number of rotatable bonds is 2. The number of hydrogen-bond donors (Lipinski definition) is 1. The van der Waals surface area contributed by atoms with Crippen molar-refractivity contribution in [1.29, 1.82) is 0 Å². The third-order valence-corrected chi connectivity index (χ3v) is 10.2. The summed E-state index contributed by atoms with van der Waals surface area (Å²) in [6.45, 7) is 7.10. The molecule has 0 bridgehead atoms. The third kappa shape index (κ3) is 1.78. The Labute approximate surface area is 152 Å². The monoisotopic (exact) mass is 342 g/mol. The molecule has 138 valence electrons. The summed E-state index contributed by atoms with van der Waals surface area (Å²) in [4.78, 5) is 11.9. The Hall–Kier alpha value is -0.630. The second-order valence-electron chi connectivity index (χ2n) is 10.5. The van der Waals surface area contributed by atoms with E-state index in [2.05, 4.69) is 20.8 Å². The zero-order valence-corrected chi connectivity index (χ0v) is 16.2. The molecule has 0 saturated heterocycles. The van der Waals surface area contributed by atoms with Gasteiger partial charge in [0.25, 0.3) is 0 Å². The van der Waals surface area contributed by atoms with Crippen molar-refractivity contribution in [2.45, 2.75) is 84.7 Å². The molecule has 8 atom stereocenters. The Morgan fingerprint density at radius 2 is 2.00 bits per heavy atom. The number of aliphatic hydroxyl groups is 1. The van der Waals surface area contributed by atoms with Gasteiger partial charge in [-0.1, -0.05) is 26.3 Å². The third-order valence-electron chi connectivity index (χ3n) is 10.2. The Bertz CT molecular complexity index is 650. The molecule has 4 fully saturated rings. The first kappa shape index (κ1) is 16.5. The van der Waals surface area contributed by atoms with E-state index < -0.39 is 0 Å². The molecular weight excluding hydrogens is 308 g/mol. The highest BCUT2D eigenvalue weighted by atomic mass is 16.3. The molecule has 0 heterocycles. The van der Waals surface area contributed by atoms with Crippen LogP contribution in [0.5, 0.6) is 0 Å². The van der Waals surface area contributed by atoms with Crippen molar-refractivity contribution in [2.24, 2.45) is 39.9 Å². The van der Waals surface area contributed by atoms with Crippen molar-refractivity contribution < 1.29 is 9.90 Å². The molecule has 0 aromatic heterocycles. The first-order chi connectivity index (χ1) is 11.9. The highest BCUT2D eigenvalue weighted by Gasteiger charge is 2.80. The summed E-state index contributed by atoms with van der Waals surface area (Å²) in [6, 6.07) is 0. The average molecular weight is 343 g/mol. The van der Waals surface area contributed by atoms with Gasteiger partial charge in [-0.15, -0.1) is 0 Å². The van der Waals surface area contributed by atoms with E-state index in [1.807, 2.05) is 6.08 Å². The molecular formula is C23H34O2.